The van der Waals surface area contributed by atoms with Crippen molar-refractivity contribution in [3.8, 4) is 0 Å². The third kappa shape index (κ3) is 4.52. The van der Waals surface area contributed by atoms with Gasteiger partial charge in [-0.2, -0.15) is 11.8 Å². The molecule has 0 saturated heterocycles. The van der Waals surface area contributed by atoms with Crippen molar-refractivity contribution in [2.24, 2.45) is 0 Å². The van der Waals surface area contributed by atoms with Crippen LogP contribution < -0.4 is 5.32 Å². The van der Waals surface area contributed by atoms with Gasteiger partial charge in [-0.15, -0.1) is 0 Å². The number of amides is 1. The molecule has 0 aliphatic heterocycles. The Morgan fingerprint density at radius 1 is 1.56 bits per heavy atom. The molecule has 3 nitrogen and oxygen atoms in total. The topological polar surface area (TPSA) is 49.3 Å². The van der Waals surface area contributed by atoms with Crippen LogP contribution >= 0.6 is 23.4 Å². The highest BCUT2D eigenvalue weighted by Crippen LogP contribution is 2.17. The first-order valence-corrected chi connectivity index (χ1v) is 7.52. The normalized spacial score (nSPS) is 12.2. The van der Waals surface area contributed by atoms with Gasteiger partial charge in [0, 0.05) is 0 Å². The summed E-state index contributed by atoms with van der Waals surface area (Å²) in [6, 6.07) is 5.08. The lowest BCUT2D eigenvalue weighted by Gasteiger charge is -2.16. The van der Waals surface area contributed by atoms with Gasteiger partial charge in [-0.25, -0.2) is 0 Å². The molecule has 0 bridgehead atoms. The van der Waals surface area contributed by atoms with Gasteiger partial charge in [0.05, 0.1) is 23.2 Å². The second-order valence-electron chi connectivity index (χ2n) is 4.12. The van der Waals surface area contributed by atoms with E-state index < -0.39 is 0 Å². The van der Waals surface area contributed by atoms with Crippen LogP contribution in [0.5, 0.6) is 0 Å². The lowest BCUT2D eigenvalue weighted by atomic mass is 10.1. The molecule has 1 amide bonds. The fourth-order valence-corrected chi connectivity index (χ4v) is 2.38. The van der Waals surface area contributed by atoms with Crippen molar-refractivity contribution in [1.29, 1.82) is 0 Å². The van der Waals surface area contributed by atoms with E-state index in [2.05, 4.69) is 5.32 Å². The van der Waals surface area contributed by atoms with Gasteiger partial charge in [0.2, 0.25) is 0 Å². The number of hydrogen-bond donors (Lipinski definition) is 2. The molecule has 100 valence electrons. The smallest absolute Gasteiger partial charge is 0.253 e. The number of hydrogen-bond acceptors (Lipinski definition) is 3. The first-order chi connectivity index (χ1) is 8.58. The van der Waals surface area contributed by atoms with Gasteiger partial charge in [-0.3, -0.25) is 4.79 Å². The highest BCUT2D eigenvalue weighted by atomic mass is 35.5. The number of aryl methyl sites for hydroxylation is 1. The van der Waals surface area contributed by atoms with Crippen LogP contribution in [0.3, 0.4) is 0 Å². The molecule has 1 atom stereocenters. The predicted octanol–water partition coefficient (Wildman–Crippen LogP) is 2.49. The molecule has 0 heterocycles. The molecule has 0 aliphatic carbocycles. The molecule has 18 heavy (non-hydrogen) atoms. The highest BCUT2D eigenvalue weighted by Gasteiger charge is 2.15. The molecule has 0 radical (unpaired) electrons. The molecule has 0 unspecified atom stereocenters. The minimum atomic E-state index is -0.236. The van der Waals surface area contributed by atoms with Gasteiger partial charge >= 0.3 is 0 Å². The fourth-order valence-electron chi connectivity index (χ4n) is 1.54. The van der Waals surface area contributed by atoms with Crippen LogP contribution in [-0.2, 0) is 0 Å². The number of carbonyl (C=O) groups excluding carboxylic acids is 1. The Hall–Kier alpha value is -0.710. The van der Waals surface area contributed by atoms with E-state index >= 15 is 0 Å². The molecule has 1 aromatic carbocycles. The van der Waals surface area contributed by atoms with E-state index in [-0.39, 0.29) is 18.6 Å². The number of benzene rings is 1. The van der Waals surface area contributed by atoms with E-state index in [0.717, 1.165) is 17.7 Å². The van der Waals surface area contributed by atoms with Crippen LogP contribution in [0.1, 0.15) is 22.3 Å². The van der Waals surface area contributed by atoms with Crippen molar-refractivity contribution in [3.63, 3.8) is 0 Å². The maximum absolute atomic E-state index is 12.0. The second-order valence-corrected chi connectivity index (χ2v) is 5.51. The van der Waals surface area contributed by atoms with E-state index in [1.54, 1.807) is 23.9 Å². The van der Waals surface area contributed by atoms with Crippen molar-refractivity contribution < 1.29 is 9.90 Å². The Bertz CT molecular complexity index is 412. The predicted molar refractivity (Wildman–Crippen MR) is 77.5 cm³/mol. The third-order valence-corrected chi connectivity index (χ3v) is 3.55. The molecular weight excluding hydrogens is 270 g/mol. The summed E-state index contributed by atoms with van der Waals surface area (Å²) in [5.74, 6) is 0.660. The number of aliphatic hydroxyl groups excluding tert-OH is 1. The largest absolute Gasteiger partial charge is 0.394 e. The van der Waals surface area contributed by atoms with Crippen molar-refractivity contribution >= 4 is 29.3 Å². The Kier molecular flexibility index (Phi) is 6.54. The monoisotopic (exact) mass is 287 g/mol. The van der Waals surface area contributed by atoms with Crippen molar-refractivity contribution in [1.82, 2.24) is 5.32 Å². The Balaban J connectivity index is 2.68. The lowest BCUT2D eigenvalue weighted by molar-refractivity contribution is 0.0915. The van der Waals surface area contributed by atoms with Gasteiger partial charge in [0.15, 0.2) is 0 Å². The van der Waals surface area contributed by atoms with Crippen LogP contribution in [0.4, 0.5) is 0 Å². The number of aliphatic hydroxyl groups is 1. The number of carbonyl (C=O) groups is 1. The van der Waals surface area contributed by atoms with E-state index in [4.69, 9.17) is 11.6 Å². The maximum Gasteiger partial charge on any atom is 0.253 e. The van der Waals surface area contributed by atoms with Crippen LogP contribution in [-0.4, -0.2) is 35.7 Å². The quantitative estimate of drug-likeness (QED) is 0.845. The first kappa shape index (κ1) is 15.3. The third-order valence-electron chi connectivity index (χ3n) is 2.60. The summed E-state index contributed by atoms with van der Waals surface area (Å²) in [7, 11) is 0. The summed E-state index contributed by atoms with van der Waals surface area (Å²) in [6.07, 6.45) is 2.74. The van der Waals surface area contributed by atoms with Crippen LogP contribution in [0.25, 0.3) is 0 Å². The van der Waals surface area contributed by atoms with Crippen LogP contribution in [0.15, 0.2) is 18.2 Å². The summed E-state index contributed by atoms with van der Waals surface area (Å²) in [6.45, 7) is 1.86. The molecule has 2 N–H and O–H groups in total. The standard InChI is InChI=1S/C13H18ClNO2S/c1-9-3-4-11(12(14)7-9)13(17)15-10(8-16)5-6-18-2/h3-4,7,10,16H,5-6,8H2,1-2H3,(H,15,17)/t10-/m1/s1. The molecule has 5 heteroatoms. The minimum absolute atomic E-state index is 0.0597. The van der Waals surface area contributed by atoms with Gasteiger partial charge in [0.1, 0.15) is 0 Å². The SMILES string of the molecule is CSCC[C@H](CO)NC(=O)c1ccc(C)cc1Cl. The fraction of sp³-hybridized carbons (Fsp3) is 0.462. The summed E-state index contributed by atoms with van der Waals surface area (Å²) < 4.78 is 0. The summed E-state index contributed by atoms with van der Waals surface area (Å²) in [4.78, 5) is 12.0. The highest BCUT2D eigenvalue weighted by molar-refractivity contribution is 7.98. The Labute approximate surface area is 117 Å². The van der Waals surface area contributed by atoms with Gasteiger partial charge in [0.25, 0.3) is 5.91 Å². The Morgan fingerprint density at radius 3 is 2.83 bits per heavy atom. The van der Waals surface area contributed by atoms with Crippen LogP contribution in [0.2, 0.25) is 5.02 Å². The average molecular weight is 288 g/mol. The van der Waals surface area contributed by atoms with E-state index in [9.17, 15) is 9.90 Å². The number of nitrogens with one attached hydrogen (secondary N) is 1. The number of rotatable bonds is 6. The van der Waals surface area contributed by atoms with Gasteiger partial charge < -0.3 is 10.4 Å². The molecule has 0 saturated carbocycles. The molecular formula is C13H18ClNO2S. The number of halogens is 1. The zero-order chi connectivity index (χ0) is 13.5. The molecule has 1 rings (SSSR count). The molecule has 0 aromatic heterocycles. The van der Waals surface area contributed by atoms with Crippen LogP contribution in [0, 0.1) is 6.92 Å². The summed E-state index contributed by atoms with van der Waals surface area (Å²) in [5, 5.41) is 12.4. The van der Waals surface area contributed by atoms with Crippen molar-refractivity contribution in [2.75, 3.05) is 18.6 Å². The van der Waals surface area contributed by atoms with Gasteiger partial charge in [-0.1, -0.05) is 17.7 Å². The zero-order valence-electron chi connectivity index (χ0n) is 10.6. The van der Waals surface area contributed by atoms with E-state index in [1.165, 1.54) is 0 Å². The maximum atomic E-state index is 12.0. The average Bonchev–Trinajstić information content (AvgIpc) is 2.34. The molecule has 0 fully saturated rings. The summed E-state index contributed by atoms with van der Waals surface area (Å²) in [5.41, 5.74) is 1.46. The van der Waals surface area contributed by atoms with E-state index in [1.807, 2.05) is 19.2 Å². The molecule has 0 aliphatic rings. The van der Waals surface area contributed by atoms with Crippen molar-refractivity contribution in [3.05, 3.63) is 34.3 Å². The molecule has 1 aromatic rings. The minimum Gasteiger partial charge on any atom is -0.394 e. The zero-order valence-corrected chi connectivity index (χ0v) is 12.1. The van der Waals surface area contributed by atoms with Gasteiger partial charge in [-0.05, 0) is 43.0 Å². The number of thioether (sulfide) groups is 1. The first-order valence-electron chi connectivity index (χ1n) is 5.75. The second kappa shape index (κ2) is 7.67. The van der Waals surface area contributed by atoms with E-state index in [0.29, 0.717) is 10.6 Å². The van der Waals surface area contributed by atoms with Crippen molar-refractivity contribution in [2.45, 2.75) is 19.4 Å². The summed E-state index contributed by atoms with van der Waals surface area (Å²) >= 11 is 7.71. The Morgan fingerprint density at radius 2 is 2.28 bits per heavy atom. The lowest BCUT2D eigenvalue weighted by Crippen LogP contribution is -2.38. The molecule has 0 spiro atoms.